The van der Waals surface area contributed by atoms with E-state index in [0.29, 0.717) is 5.41 Å². The highest BCUT2D eigenvalue weighted by atomic mass is 79.9. The molecule has 0 fully saturated rings. The summed E-state index contributed by atoms with van der Waals surface area (Å²) < 4.78 is 0. The first-order chi connectivity index (χ1) is 5.54. The first-order valence-electron chi connectivity index (χ1n) is 4.19. The third kappa shape index (κ3) is 2.60. The molecule has 0 unspecified atom stereocenters. The number of rotatable bonds is 2. The predicted octanol–water partition coefficient (Wildman–Crippen LogP) is 3.98. The Hall–Kier alpha value is 0.180. The Morgan fingerprint density at radius 3 is 2.42 bits per heavy atom. The number of hydrogen-bond acceptors (Lipinski definition) is 1. The summed E-state index contributed by atoms with van der Waals surface area (Å²) in [5.74, 6) is 0. The van der Waals surface area contributed by atoms with Crippen molar-refractivity contribution in [1.29, 1.82) is 0 Å². The van der Waals surface area contributed by atoms with Crippen LogP contribution in [-0.2, 0) is 11.8 Å². The molecule has 12 heavy (non-hydrogen) atoms. The van der Waals surface area contributed by atoms with Gasteiger partial charge in [0.15, 0.2) is 0 Å². The van der Waals surface area contributed by atoms with Crippen LogP contribution in [0.1, 0.15) is 30.5 Å². The Morgan fingerprint density at radius 2 is 2.00 bits per heavy atom. The molecule has 0 nitrogen and oxygen atoms in total. The molecule has 0 atom stereocenters. The van der Waals surface area contributed by atoms with Gasteiger partial charge in [0, 0.05) is 15.1 Å². The molecular weight excluding hydrogens is 232 g/mol. The van der Waals surface area contributed by atoms with Gasteiger partial charge in [-0.05, 0) is 24.0 Å². The summed E-state index contributed by atoms with van der Waals surface area (Å²) >= 11 is 5.39. The van der Waals surface area contributed by atoms with Gasteiger partial charge >= 0.3 is 0 Å². The van der Waals surface area contributed by atoms with E-state index in [-0.39, 0.29) is 0 Å². The van der Waals surface area contributed by atoms with E-state index in [1.54, 1.807) is 0 Å². The van der Waals surface area contributed by atoms with E-state index in [9.17, 15) is 0 Å². The minimum Gasteiger partial charge on any atom is -0.145 e. The van der Waals surface area contributed by atoms with E-state index in [0.717, 1.165) is 11.8 Å². The maximum atomic E-state index is 3.45. The molecule has 0 saturated heterocycles. The fraction of sp³-hybridized carbons (Fsp3) is 0.600. The van der Waals surface area contributed by atoms with Crippen LogP contribution in [0.5, 0.6) is 0 Å². The molecule has 0 N–H and O–H groups in total. The molecule has 0 bridgehead atoms. The smallest absolute Gasteiger partial charge is 0.0102 e. The summed E-state index contributed by atoms with van der Waals surface area (Å²) in [4.78, 5) is 2.97. The molecule has 0 radical (unpaired) electrons. The maximum absolute atomic E-state index is 3.45. The van der Waals surface area contributed by atoms with Crippen LogP contribution in [0.3, 0.4) is 0 Å². The minimum atomic E-state index is 0.315. The largest absolute Gasteiger partial charge is 0.145 e. The lowest BCUT2D eigenvalue weighted by Gasteiger charge is -2.15. The number of halogens is 1. The minimum absolute atomic E-state index is 0.315. The Labute approximate surface area is 87.1 Å². The first-order valence-corrected chi connectivity index (χ1v) is 6.13. The van der Waals surface area contributed by atoms with Crippen molar-refractivity contribution in [2.75, 3.05) is 5.33 Å². The van der Waals surface area contributed by atoms with Crippen LogP contribution in [0, 0.1) is 0 Å². The summed E-state index contributed by atoms with van der Waals surface area (Å²) in [6.07, 6.45) is 1.15. The molecule has 68 valence electrons. The highest BCUT2D eigenvalue weighted by Crippen LogP contribution is 2.29. The second-order valence-corrected chi connectivity index (χ2v) is 5.92. The van der Waals surface area contributed by atoms with E-state index in [1.165, 1.54) is 9.75 Å². The normalized spacial score (nSPS) is 12.0. The second kappa shape index (κ2) is 3.93. The summed E-state index contributed by atoms with van der Waals surface area (Å²) in [6, 6.07) is 4.50. The van der Waals surface area contributed by atoms with Gasteiger partial charge in [0.2, 0.25) is 0 Å². The van der Waals surface area contributed by atoms with Gasteiger partial charge in [0.05, 0.1) is 0 Å². The van der Waals surface area contributed by atoms with Crippen molar-refractivity contribution in [3.8, 4) is 0 Å². The van der Waals surface area contributed by atoms with Gasteiger partial charge in [-0.1, -0.05) is 36.7 Å². The van der Waals surface area contributed by atoms with Gasteiger partial charge in [0.1, 0.15) is 0 Å². The molecule has 1 heterocycles. The average Bonchev–Trinajstić information content (AvgIpc) is 2.35. The molecule has 1 aromatic rings. The lowest BCUT2D eigenvalue weighted by molar-refractivity contribution is 0.604. The average molecular weight is 247 g/mol. The maximum Gasteiger partial charge on any atom is 0.0102 e. The summed E-state index contributed by atoms with van der Waals surface area (Å²) in [5.41, 5.74) is 0.315. The van der Waals surface area contributed by atoms with Crippen molar-refractivity contribution in [3.63, 3.8) is 0 Å². The van der Waals surface area contributed by atoms with Crippen molar-refractivity contribution in [3.05, 3.63) is 21.9 Å². The lowest BCUT2D eigenvalue weighted by Crippen LogP contribution is -2.07. The van der Waals surface area contributed by atoms with Crippen LogP contribution in [0.4, 0.5) is 0 Å². The van der Waals surface area contributed by atoms with Crippen molar-refractivity contribution in [1.82, 2.24) is 0 Å². The number of alkyl halides is 1. The van der Waals surface area contributed by atoms with E-state index in [4.69, 9.17) is 0 Å². The number of hydrogen-bond donors (Lipinski definition) is 0. The molecule has 0 aliphatic heterocycles. The van der Waals surface area contributed by atoms with Crippen LogP contribution >= 0.6 is 27.3 Å². The van der Waals surface area contributed by atoms with Gasteiger partial charge in [-0.15, -0.1) is 11.3 Å². The van der Waals surface area contributed by atoms with E-state index < -0.39 is 0 Å². The van der Waals surface area contributed by atoms with Crippen LogP contribution in [0.2, 0.25) is 0 Å². The van der Waals surface area contributed by atoms with Crippen molar-refractivity contribution >= 4 is 27.3 Å². The van der Waals surface area contributed by atoms with Crippen LogP contribution in [0.25, 0.3) is 0 Å². The van der Waals surface area contributed by atoms with Gasteiger partial charge < -0.3 is 0 Å². The Balaban J connectivity index is 2.77. The molecule has 1 aromatic heterocycles. The van der Waals surface area contributed by atoms with Gasteiger partial charge in [-0.3, -0.25) is 0 Å². The topological polar surface area (TPSA) is 0 Å². The van der Waals surface area contributed by atoms with E-state index in [1.807, 2.05) is 11.3 Å². The molecule has 0 amide bonds. The molecule has 1 rings (SSSR count). The Bertz CT molecular complexity index is 245. The van der Waals surface area contributed by atoms with E-state index >= 15 is 0 Å². The predicted molar refractivity (Wildman–Crippen MR) is 60.5 cm³/mol. The molecule has 2 heteroatoms. The quantitative estimate of drug-likeness (QED) is 0.693. The molecule has 0 aliphatic rings. The zero-order valence-corrected chi connectivity index (χ0v) is 10.3. The third-order valence-corrected chi connectivity index (χ3v) is 3.71. The zero-order chi connectivity index (χ0) is 9.19. The molecule has 0 spiro atoms. The standard InChI is InChI=1S/C10H15BrS/c1-10(2,3)9-5-4-8(12-9)6-7-11/h4-5H,6-7H2,1-3H3. The monoisotopic (exact) mass is 246 g/mol. The van der Waals surface area contributed by atoms with Crippen molar-refractivity contribution < 1.29 is 0 Å². The lowest BCUT2D eigenvalue weighted by atomic mass is 9.95. The zero-order valence-electron chi connectivity index (χ0n) is 7.86. The fourth-order valence-electron chi connectivity index (χ4n) is 1.01. The molecule has 0 saturated carbocycles. The Morgan fingerprint density at radius 1 is 1.33 bits per heavy atom. The second-order valence-electron chi connectivity index (χ2n) is 3.95. The van der Waals surface area contributed by atoms with Crippen LogP contribution in [-0.4, -0.2) is 5.33 Å². The van der Waals surface area contributed by atoms with Crippen LogP contribution < -0.4 is 0 Å². The molecular formula is C10H15BrS. The number of thiophene rings is 1. The van der Waals surface area contributed by atoms with Crippen molar-refractivity contribution in [2.45, 2.75) is 32.6 Å². The highest BCUT2D eigenvalue weighted by Gasteiger charge is 2.15. The summed E-state index contributed by atoms with van der Waals surface area (Å²) in [5, 5.41) is 1.07. The van der Waals surface area contributed by atoms with E-state index in [2.05, 4.69) is 48.8 Å². The number of aryl methyl sites for hydroxylation is 1. The third-order valence-electron chi connectivity index (χ3n) is 1.74. The fourth-order valence-corrected chi connectivity index (χ4v) is 2.76. The van der Waals surface area contributed by atoms with Gasteiger partial charge in [-0.2, -0.15) is 0 Å². The van der Waals surface area contributed by atoms with Crippen molar-refractivity contribution in [2.24, 2.45) is 0 Å². The van der Waals surface area contributed by atoms with Gasteiger partial charge in [-0.25, -0.2) is 0 Å². The summed E-state index contributed by atoms with van der Waals surface area (Å²) in [7, 11) is 0. The SMILES string of the molecule is CC(C)(C)c1ccc(CCBr)s1. The van der Waals surface area contributed by atoms with Gasteiger partial charge in [0.25, 0.3) is 0 Å². The van der Waals surface area contributed by atoms with Crippen LogP contribution in [0.15, 0.2) is 12.1 Å². The molecule has 0 aromatic carbocycles. The first kappa shape index (κ1) is 10.3. The summed E-state index contributed by atoms with van der Waals surface area (Å²) in [6.45, 7) is 6.78. The molecule has 0 aliphatic carbocycles. The highest BCUT2D eigenvalue weighted by molar-refractivity contribution is 9.09. The Kier molecular flexibility index (Phi) is 3.36.